The molecule has 2 heterocycles. The molecule has 0 bridgehead atoms. The SMILES string of the molecule is Cc1c(CNC(=O)[C@@H]2CC[C@H](CN)O2)oc2ccc(F)cc12.Cl. The summed E-state index contributed by atoms with van der Waals surface area (Å²) in [5.74, 6) is 0.156. The molecule has 0 saturated carbocycles. The average molecular weight is 343 g/mol. The third-order valence-electron chi connectivity index (χ3n) is 4.08. The van der Waals surface area contributed by atoms with Gasteiger partial charge in [0.1, 0.15) is 23.3 Å². The molecule has 2 atom stereocenters. The highest BCUT2D eigenvalue weighted by molar-refractivity contribution is 5.85. The summed E-state index contributed by atoms with van der Waals surface area (Å²) in [6, 6.07) is 4.38. The molecule has 2 aromatic rings. The van der Waals surface area contributed by atoms with Crippen molar-refractivity contribution in [1.29, 1.82) is 0 Å². The highest BCUT2D eigenvalue weighted by Gasteiger charge is 2.29. The van der Waals surface area contributed by atoms with E-state index in [1.165, 1.54) is 12.1 Å². The van der Waals surface area contributed by atoms with E-state index in [9.17, 15) is 9.18 Å². The van der Waals surface area contributed by atoms with Crippen LogP contribution in [0.4, 0.5) is 4.39 Å². The quantitative estimate of drug-likeness (QED) is 0.894. The fourth-order valence-corrected chi connectivity index (χ4v) is 2.77. The van der Waals surface area contributed by atoms with Crippen molar-refractivity contribution >= 4 is 29.3 Å². The largest absolute Gasteiger partial charge is 0.459 e. The number of benzene rings is 1. The summed E-state index contributed by atoms with van der Waals surface area (Å²) in [4.78, 5) is 12.1. The van der Waals surface area contributed by atoms with Crippen molar-refractivity contribution in [3.8, 4) is 0 Å². The molecule has 23 heavy (non-hydrogen) atoms. The molecule has 0 radical (unpaired) electrons. The molecule has 1 aliphatic rings. The van der Waals surface area contributed by atoms with Gasteiger partial charge in [-0.3, -0.25) is 4.79 Å². The number of halogens is 2. The second-order valence-corrected chi connectivity index (χ2v) is 5.57. The Bertz CT molecular complexity index is 704. The van der Waals surface area contributed by atoms with E-state index >= 15 is 0 Å². The van der Waals surface area contributed by atoms with Crippen LogP contribution in [0.5, 0.6) is 0 Å². The zero-order valence-electron chi connectivity index (χ0n) is 12.8. The number of furan rings is 1. The van der Waals surface area contributed by atoms with Gasteiger partial charge in [-0.1, -0.05) is 0 Å². The van der Waals surface area contributed by atoms with Crippen LogP contribution in [0.15, 0.2) is 22.6 Å². The lowest BCUT2D eigenvalue weighted by molar-refractivity contribution is -0.132. The first-order valence-corrected chi connectivity index (χ1v) is 7.39. The molecule has 1 fully saturated rings. The number of rotatable bonds is 4. The van der Waals surface area contributed by atoms with E-state index in [-0.39, 0.29) is 36.8 Å². The average Bonchev–Trinajstić information content (AvgIpc) is 3.11. The molecular formula is C16H20ClFN2O3. The minimum atomic E-state index is -0.448. The Morgan fingerprint density at radius 1 is 1.43 bits per heavy atom. The van der Waals surface area contributed by atoms with Gasteiger partial charge in [-0.2, -0.15) is 0 Å². The summed E-state index contributed by atoms with van der Waals surface area (Å²) >= 11 is 0. The highest BCUT2D eigenvalue weighted by Crippen LogP contribution is 2.26. The van der Waals surface area contributed by atoms with Gasteiger partial charge < -0.3 is 20.2 Å². The maximum atomic E-state index is 13.3. The van der Waals surface area contributed by atoms with Gasteiger partial charge >= 0.3 is 0 Å². The predicted octanol–water partition coefficient (Wildman–Crippen LogP) is 2.42. The third-order valence-corrected chi connectivity index (χ3v) is 4.08. The van der Waals surface area contributed by atoms with Crippen molar-refractivity contribution in [2.24, 2.45) is 5.73 Å². The van der Waals surface area contributed by atoms with Crippen LogP contribution < -0.4 is 11.1 Å². The number of nitrogens with two attached hydrogens (primary N) is 1. The maximum Gasteiger partial charge on any atom is 0.249 e. The number of fused-ring (bicyclic) bond motifs is 1. The van der Waals surface area contributed by atoms with Gasteiger partial charge in [0.15, 0.2) is 0 Å². The zero-order valence-corrected chi connectivity index (χ0v) is 13.6. The van der Waals surface area contributed by atoms with E-state index in [2.05, 4.69) is 5.32 Å². The Morgan fingerprint density at radius 2 is 2.22 bits per heavy atom. The zero-order chi connectivity index (χ0) is 15.7. The van der Waals surface area contributed by atoms with Gasteiger partial charge in [0.25, 0.3) is 0 Å². The van der Waals surface area contributed by atoms with E-state index < -0.39 is 6.10 Å². The fourth-order valence-electron chi connectivity index (χ4n) is 2.77. The van der Waals surface area contributed by atoms with E-state index in [0.717, 1.165) is 17.4 Å². The second kappa shape index (κ2) is 7.29. The van der Waals surface area contributed by atoms with Crippen LogP contribution in [-0.2, 0) is 16.1 Å². The summed E-state index contributed by atoms with van der Waals surface area (Å²) in [7, 11) is 0. The summed E-state index contributed by atoms with van der Waals surface area (Å²) in [6.45, 7) is 2.54. The van der Waals surface area contributed by atoms with Crippen LogP contribution in [-0.4, -0.2) is 24.7 Å². The Morgan fingerprint density at radius 3 is 2.91 bits per heavy atom. The van der Waals surface area contributed by atoms with Crippen LogP contribution in [0.2, 0.25) is 0 Å². The normalized spacial score (nSPS) is 20.5. The summed E-state index contributed by atoms with van der Waals surface area (Å²) in [5.41, 5.74) is 6.98. The first-order valence-electron chi connectivity index (χ1n) is 7.39. The molecule has 1 saturated heterocycles. The van der Waals surface area contributed by atoms with Crippen LogP contribution in [0.25, 0.3) is 11.0 Å². The lowest BCUT2D eigenvalue weighted by Gasteiger charge is -2.12. The first-order chi connectivity index (χ1) is 10.6. The number of hydrogen-bond acceptors (Lipinski definition) is 4. The van der Waals surface area contributed by atoms with Crippen LogP contribution in [0.1, 0.15) is 24.2 Å². The highest BCUT2D eigenvalue weighted by atomic mass is 35.5. The summed E-state index contributed by atoms with van der Waals surface area (Å²) in [6.07, 6.45) is 0.998. The number of carbonyl (C=O) groups is 1. The van der Waals surface area contributed by atoms with Gasteiger partial charge in [0.05, 0.1) is 12.6 Å². The number of nitrogens with one attached hydrogen (secondary N) is 1. The lowest BCUT2D eigenvalue weighted by Crippen LogP contribution is -2.35. The molecule has 7 heteroatoms. The minimum Gasteiger partial charge on any atom is -0.459 e. The van der Waals surface area contributed by atoms with Crippen molar-refractivity contribution in [2.75, 3.05) is 6.54 Å². The van der Waals surface area contributed by atoms with Crippen molar-refractivity contribution < 1.29 is 18.3 Å². The molecule has 3 rings (SSSR count). The van der Waals surface area contributed by atoms with E-state index in [4.69, 9.17) is 14.9 Å². The standard InChI is InChI=1S/C16H19FN2O3.ClH/c1-9-12-6-10(17)2-4-13(12)22-15(9)8-19-16(20)14-5-3-11(7-18)21-14;/h2,4,6,11,14H,3,5,7-8,18H2,1H3,(H,19,20);1H/t11-,14+;/m1./s1. The van der Waals surface area contributed by atoms with Gasteiger partial charge in [-0.25, -0.2) is 4.39 Å². The van der Waals surface area contributed by atoms with Crippen molar-refractivity contribution in [2.45, 2.75) is 38.5 Å². The van der Waals surface area contributed by atoms with E-state index in [0.29, 0.717) is 24.3 Å². The molecule has 1 aromatic carbocycles. The number of amides is 1. The minimum absolute atomic E-state index is 0. The van der Waals surface area contributed by atoms with E-state index in [1.807, 2.05) is 6.92 Å². The summed E-state index contributed by atoms with van der Waals surface area (Å²) in [5, 5.41) is 3.54. The second-order valence-electron chi connectivity index (χ2n) is 5.57. The molecule has 1 amide bonds. The number of ether oxygens (including phenoxy) is 1. The summed E-state index contributed by atoms with van der Waals surface area (Å²) < 4.78 is 24.5. The van der Waals surface area contributed by atoms with Crippen molar-refractivity contribution in [1.82, 2.24) is 5.32 Å². The van der Waals surface area contributed by atoms with Crippen LogP contribution in [0, 0.1) is 12.7 Å². The van der Waals surface area contributed by atoms with Crippen molar-refractivity contribution in [3.05, 3.63) is 35.3 Å². The maximum absolute atomic E-state index is 13.3. The molecule has 126 valence electrons. The number of hydrogen-bond donors (Lipinski definition) is 2. The van der Waals surface area contributed by atoms with E-state index in [1.54, 1.807) is 6.07 Å². The molecule has 1 aliphatic heterocycles. The van der Waals surface area contributed by atoms with Gasteiger partial charge in [0.2, 0.25) is 5.91 Å². The Hall–Kier alpha value is -1.63. The van der Waals surface area contributed by atoms with Crippen LogP contribution in [0.3, 0.4) is 0 Å². The first kappa shape index (κ1) is 17.7. The number of carbonyl (C=O) groups excluding carboxylic acids is 1. The fraction of sp³-hybridized carbons (Fsp3) is 0.438. The molecule has 0 aliphatic carbocycles. The van der Waals surface area contributed by atoms with Crippen molar-refractivity contribution in [3.63, 3.8) is 0 Å². The Labute approximate surface area is 139 Å². The molecular weight excluding hydrogens is 323 g/mol. The Balaban J connectivity index is 0.00000192. The predicted molar refractivity (Wildman–Crippen MR) is 87.0 cm³/mol. The van der Waals surface area contributed by atoms with Crippen LogP contribution >= 0.6 is 12.4 Å². The topological polar surface area (TPSA) is 77.5 Å². The smallest absolute Gasteiger partial charge is 0.249 e. The van der Waals surface area contributed by atoms with Gasteiger partial charge in [-0.05, 0) is 38.0 Å². The molecule has 1 aromatic heterocycles. The van der Waals surface area contributed by atoms with Gasteiger partial charge in [0, 0.05) is 17.5 Å². The molecule has 0 spiro atoms. The molecule has 5 nitrogen and oxygen atoms in total. The lowest BCUT2D eigenvalue weighted by atomic mass is 10.1. The monoisotopic (exact) mass is 342 g/mol. The Kier molecular flexibility index (Phi) is 5.62. The van der Waals surface area contributed by atoms with Gasteiger partial charge in [-0.15, -0.1) is 12.4 Å². The molecule has 3 N–H and O–H groups in total. The number of aryl methyl sites for hydroxylation is 1. The molecule has 0 unspecified atom stereocenters. The third kappa shape index (κ3) is 3.65.